The third kappa shape index (κ3) is 1.34. The molecule has 0 aliphatic rings. The van der Waals surface area contributed by atoms with Crippen LogP contribution in [0.15, 0.2) is 12.1 Å². The van der Waals surface area contributed by atoms with E-state index in [9.17, 15) is 13.2 Å². The minimum atomic E-state index is -1.42. The van der Waals surface area contributed by atoms with Crippen LogP contribution in [0.25, 0.3) is 0 Å². The predicted octanol–water partition coefficient (Wildman–Crippen LogP) is 0.898. The Morgan fingerprint density at radius 3 is 1.80 bits per heavy atom. The van der Waals surface area contributed by atoms with Crippen LogP contribution in [0, 0.1) is 17.5 Å². The van der Waals surface area contributed by atoms with Crippen molar-refractivity contribution in [1.29, 1.82) is 0 Å². The molecule has 0 saturated heterocycles. The molecule has 0 aromatic heterocycles. The first-order chi connectivity index (χ1) is 4.61. The molecule has 1 aromatic carbocycles. The van der Waals surface area contributed by atoms with Gasteiger partial charge in [-0.1, -0.05) is 0 Å². The third-order valence-corrected chi connectivity index (χ3v) is 1.34. The van der Waals surface area contributed by atoms with Gasteiger partial charge in [0.2, 0.25) is 0 Å². The molecule has 0 radical (unpaired) electrons. The molecule has 0 saturated carbocycles. The van der Waals surface area contributed by atoms with E-state index in [2.05, 4.69) is 16.3 Å². The zero-order valence-corrected chi connectivity index (χ0v) is 6.02. The van der Waals surface area contributed by atoms with Crippen LogP contribution >= 0.6 is 0 Å². The first-order valence-corrected chi connectivity index (χ1v) is 3.09. The standard InChI is InChI=1S/C6H2F3.Al/c7-4-2-1-3-5(8)6(4)9;/h2-3H;/q;+2. The van der Waals surface area contributed by atoms with Gasteiger partial charge in [-0.2, -0.15) is 0 Å². The molecule has 0 amide bonds. The summed E-state index contributed by atoms with van der Waals surface area (Å²) in [5, 5.41) is 0. The van der Waals surface area contributed by atoms with Crippen molar-refractivity contribution in [1.82, 2.24) is 0 Å². The molecular formula is C6H2AlF3+2. The van der Waals surface area contributed by atoms with E-state index in [1.165, 1.54) is 0 Å². The molecule has 0 spiro atoms. The van der Waals surface area contributed by atoms with Crippen LogP contribution in [0.3, 0.4) is 0 Å². The number of hydrogen-bond acceptors (Lipinski definition) is 0. The summed E-state index contributed by atoms with van der Waals surface area (Å²) in [5.74, 6) is -3.75. The summed E-state index contributed by atoms with van der Waals surface area (Å²) in [4.78, 5) is 0. The van der Waals surface area contributed by atoms with Crippen LogP contribution < -0.4 is 4.43 Å². The fourth-order valence-electron chi connectivity index (χ4n) is 0.575. The Morgan fingerprint density at radius 2 is 1.40 bits per heavy atom. The summed E-state index contributed by atoms with van der Waals surface area (Å²) in [7, 11) is 0. The number of halogens is 3. The average molecular weight is 158 g/mol. The van der Waals surface area contributed by atoms with Crippen molar-refractivity contribution in [2.45, 2.75) is 0 Å². The zero-order valence-electron chi connectivity index (χ0n) is 4.87. The Hall–Kier alpha value is -0.458. The van der Waals surface area contributed by atoms with Gasteiger partial charge < -0.3 is 0 Å². The van der Waals surface area contributed by atoms with Gasteiger partial charge in [0, 0.05) is 0 Å². The Kier molecular flexibility index (Phi) is 2.03. The van der Waals surface area contributed by atoms with E-state index < -0.39 is 17.5 Å². The van der Waals surface area contributed by atoms with Crippen LogP contribution in [-0.4, -0.2) is 16.3 Å². The molecule has 0 aliphatic carbocycles. The van der Waals surface area contributed by atoms with Crippen molar-refractivity contribution in [3.8, 4) is 0 Å². The van der Waals surface area contributed by atoms with Crippen molar-refractivity contribution >= 4 is 20.7 Å². The molecule has 1 rings (SSSR count). The summed E-state index contributed by atoms with van der Waals surface area (Å²) >= 11 is 2.07. The van der Waals surface area contributed by atoms with Crippen molar-refractivity contribution in [2.24, 2.45) is 0 Å². The molecule has 4 heteroatoms. The van der Waals surface area contributed by atoms with Gasteiger partial charge in [-0.15, -0.1) is 0 Å². The molecule has 48 valence electrons. The monoisotopic (exact) mass is 158 g/mol. The van der Waals surface area contributed by atoms with E-state index in [4.69, 9.17) is 0 Å². The number of hydrogen-bond donors (Lipinski definition) is 0. The second kappa shape index (κ2) is 2.65. The molecule has 0 nitrogen and oxygen atoms in total. The summed E-state index contributed by atoms with van der Waals surface area (Å²) in [5.41, 5.74) is 0. The number of benzene rings is 1. The van der Waals surface area contributed by atoms with E-state index >= 15 is 0 Å². The third-order valence-electron chi connectivity index (χ3n) is 1.01. The van der Waals surface area contributed by atoms with E-state index in [0.717, 1.165) is 12.1 Å². The quantitative estimate of drug-likeness (QED) is 0.388. The van der Waals surface area contributed by atoms with Gasteiger partial charge in [-0.3, -0.25) is 0 Å². The van der Waals surface area contributed by atoms with Gasteiger partial charge in [-0.05, 0) is 0 Å². The van der Waals surface area contributed by atoms with E-state index in [1.807, 2.05) is 0 Å². The molecule has 0 heterocycles. The van der Waals surface area contributed by atoms with Gasteiger partial charge in [0.15, 0.2) is 0 Å². The Morgan fingerprint density at radius 1 is 1.00 bits per heavy atom. The Balaban J connectivity index is 3.31. The average Bonchev–Trinajstić information content (AvgIpc) is 1.82. The topological polar surface area (TPSA) is 0 Å². The van der Waals surface area contributed by atoms with Crippen LogP contribution in [0.2, 0.25) is 0 Å². The normalized spacial score (nSPS) is 10.1. The maximum absolute atomic E-state index is 12.2. The summed E-state index contributed by atoms with van der Waals surface area (Å²) in [6.07, 6.45) is 0. The van der Waals surface area contributed by atoms with Crippen molar-refractivity contribution < 1.29 is 13.2 Å². The fraction of sp³-hybridized carbons (Fsp3) is 0. The summed E-state index contributed by atoms with van der Waals surface area (Å²) < 4.78 is 36.9. The molecule has 10 heavy (non-hydrogen) atoms. The predicted molar refractivity (Wildman–Crippen MR) is 31.7 cm³/mol. The van der Waals surface area contributed by atoms with Crippen LogP contribution in [0.5, 0.6) is 0 Å². The van der Waals surface area contributed by atoms with E-state index in [-0.39, 0.29) is 4.43 Å². The van der Waals surface area contributed by atoms with Gasteiger partial charge in [0.05, 0.1) is 0 Å². The van der Waals surface area contributed by atoms with E-state index in [0.29, 0.717) is 0 Å². The second-order valence-electron chi connectivity index (χ2n) is 1.80. The molecule has 0 unspecified atom stereocenters. The first-order valence-electron chi connectivity index (χ1n) is 2.51. The summed E-state index contributed by atoms with van der Waals surface area (Å²) in [6, 6.07) is 1.81. The van der Waals surface area contributed by atoms with E-state index in [1.54, 1.807) is 0 Å². The molecule has 0 atom stereocenters. The second-order valence-corrected chi connectivity index (χ2v) is 2.47. The van der Waals surface area contributed by atoms with Crippen molar-refractivity contribution in [2.75, 3.05) is 0 Å². The fourth-order valence-corrected chi connectivity index (χ4v) is 0.868. The van der Waals surface area contributed by atoms with Gasteiger partial charge in [-0.25, -0.2) is 0 Å². The SMILES string of the molecule is Fc1c[c]([Al+2])cc(F)c1F. The van der Waals surface area contributed by atoms with Gasteiger partial charge in [0.25, 0.3) is 0 Å². The van der Waals surface area contributed by atoms with Crippen molar-refractivity contribution in [3.63, 3.8) is 0 Å². The number of rotatable bonds is 0. The Labute approximate surface area is 64.1 Å². The Bertz CT molecular complexity index is 236. The van der Waals surface area contributed by atoms with Gasteiger partial charge in [0.1, 0.15) is 0 Å². The first kappa shape index (κ1) is 7.65. The van der Waals surface area contributed by atoms with Gasteiger partial charge >= 0.3 is 63.5 Å². The minimum absolute atomic E-state index is 0.288. The van der Waals surface area contributed by atoms with Crippen LogP contribution in [0.4, 0.5) is 13.2 Å². The summed E-state index contributed by atoms with van der Waals surface area (Å²) in [6.45, 7) is 0. The molecular weight excluding hydrogens is 156 g/mol. The molecule has 0 fully saturated rings. The molecule has 0 aliphatic heterocycles. The molecule has 1 aromatic rings. The van der Waals surface area contributed by atoms with Crippen LogP contribution in [0.1, 0.15) is 0 Å². The molecule has 0 bridgehead atoms. The maximum atomic E-state index is 12.2. The molecule has 0 N–H and O–H groups in total. The zero-order chi connectivity index (χ0) is 7.72. The van der Waals surface area contributed by atoms with Crippen molar-refractivity contribution in [3.05, 3.63) is 29.6 Å². The van der Waals surface area contributed by atoms with Crippen LogP contribution in [-0.2, 0) is 0 Å².